The SMILES string of the molecule is O=C(O)Cc1cc(Nc2ccc(C(=O)O)cc2)c2ccccc2n1. The molecular formula is C18H14N2O4. The fourth-order valence-corrected chi connectivity index (χ4v) is 2.43. The van der Waals surface area contributed by atoms with E-state index >= 15 is 0 Å². The number of pyridine rings is 1. The van der Waals surface area contributed by atoms with Gasteiger partial charge in [-0.25, -0.2) is 4.79 Å². The molecule has 6 heteroatoms. The number of fused-ring (bicyclic) bond motifs is 1. The van der Waals surface area contributed by atoms with Crippen LogP contribution >= 0.6 is 0 Å². The predicted molar refractivity (Wildman–Crippen MR) is 89.8 cm³/mol. The molecule has 0 atom stereocenters. The second-order valence-corrected chi connectivity index (χ2v) is 5.26. The minimum absolute atomic E-state index is 0.169. The lowest BCUT2D eigenvalue weighted by Gasteiger charge is -2.11. The number of rotatable bonds is 5. The van der Waals surface area contributed by atoms with Crippen molar-refractivity contribution in [3.8, 4) is 0 Å². The number of aromatic nitrogens is 1. The Labute approximate surface area is 137 Å². The Bertz CT molecular complexity index is 920. The van der Waals surface area contributed by atoms with E-state index in [1.807, 2.05) is 24.3 Å². The summed E-state index contributed by atoms with van der Waals surface area (Å²) in [6.07, 6.45) is -0.169. The average molecular weight is 322 g/mol. The third kappa shape index (κ3) is 3.33. The Morgan fingerprint density at radius 2 is 1.71 bits per heavy atom. The van der Waals surface area contributed by atoms with Gasteiger partial charge in [0.2, 0.25) is 0 Å². The molecule has 6 nitrogen and oxygen atoms in total. The van der Waals surface area contributed by atoms with Crippen LogP contribution in [-0.4, -0.2) is 27.1 Å². The van der Waals surface area contributed by atoms with E-state index in [-0.39, 0.29) is 12.0 Å². The molecule has 0 spiro atoms. The quantitative estimate of drug-likeness (QED) is 0.666. The standard InChI is InChI=1S/C18H14N2O4/c21-17(22)10-13-9-16(14-3-1-2-4-15(14)20-13)19-12-7-5-11(6-8-12)18(23)24/h1-9H,10H2,(H,19,20)(H,21,22)(H,23,24). The van der Waals surface area contributed by atoms with Gasteiger partial charge >= 0.3 is 11.9 Å². The lowest BCUT2D eigenvalue weighted by Crippen LogP contribution is -2.04. The van der Waals surface area contributed by atoms with Crippen molar-refractivity contribution in [2.24, 2.45) is 0 Å². The Balaban J connectivity index is 2.00. The molecule has 1 heterocycles. The molecule has 1 aromatic heterocycles. The van der Waals surface area contributed by atoms with Crippen LogP contribution in [0.1, 0.15) is 16.1 Å². The van der Waals surface area contributed by atoms with Crippen molar-refractivity contribution in [2.75, 3.05) is 5.32 Å². The normalized spacial score (nSPS) is 10.5. The number of aromatic carboxylic acids is 1. The first kappa shape index (κ1) is 15.5. The fraction of sp³-hybridized carbons (Fsp3) is 0.0556. The molecule has 0 unspecified atom stereocenters. The van der Waals surface area contributed by atoms with E-state index in [0.29, 0.717) is 16.9 Å². The summed E-state index contributed by atoms with van der Waals surface area (Å²) in [4.78, 5) is 26.2. The smallest absolute Gasteiger partial charge is 0.335 e. The van der Waals surface area contributed by atoms with Crippen LogP contribution in [0.3, 0.4) is 0 Å². The highest BCUT2D eigenvalue weighted by molar-refractivity contribution is 5.94. The van der Waals surface area contributed by atoms with Crippen LogP contribution in [-0.2, 0) is 11.2 Å². The van der Waals surface area contributed by atoms with Gasteiger partial charge in [0.1, 0.15) is 0 Å². The van der Waals surface area contributed by atoms with Crippen molar-refractivity contribution in [3.05, 3.63) is 65.9 Å². The highest BCUT2D eigenvalue weighted by Crippen LogP contribution is 2.27. The number of carbonyl (C=O) groups is 2. The van der Waals surface area contributed by atoms with Gasteiger partial charge in [-0.3, -0.25) is 9.78 Å². The summed E-state index contributed by atoms with van der Waals surface area (Å²) in [5.74, 6) is -1.94. The van der Waals surface area contributed by atoms with Crippen molar-refractivity contribution < 1.29 is 19.8 Å². The number of aliphatic carboxylic acids is 1. The second kappa shape index (κ2) is 6.37. The van der Waals surface area contributed by atoms with Crippen LogP contribution in [0.5, 0.6) is 0 Å². The number of nitrogens with zero attached hydrogens (tertiary/aromatic N) is 1. The Morgan fingerprint density at radius 1 is 1.00 bits per heavy atom. The van der Waals surface area contributed by atoms with Gasteiger partial charge in [0.15, 0.2) is 0 Å². The van der Waals surface area contributed by atoms with Gasteiger partial charge in [-0.05, 0) is 36.4 Å². The summed E-state index contributed by atoms with van der Waals surface area (Å²) in [5.41, 5.74) is 2.77. The summed E-state index contributed by atoms with van der Waals surface area (Å²) < 4.78 is 0. The van der Waals surface area contributed by atoms with Crippen LogP contribution in [0.15, 0.2) is 54.6 Å². The van der Waals surface area contributed by atoms with E-state index in [2.05, 4.69) is 10.3 Å². The zero-order valence-electron chi connectivity index (χ0n) is 12.6. The zero-order valence-corrected chi connectivity index (χ0v) is 12.6. The van der Waals surface area contributed by atoms with E-state index in [0.717, 1.165) is 11.1 Å². The Morgan fingerprint density at radius 3 is 2.38 bits per heavy atom. The minimum Gasteiger partial charge on any atom is -0.481 e. The summed E-state index contributed by atoms with van der Waals surface area (Å²) in [7, 11) is 0. The highest BCUT2D eigenvalue weighted by Gasteiger charge is 2.09. The van der Waals surface area contributed by atoms with Crippen molar-refractivity contribution in [2.45, 2.75) is 6.42 Å². The maximum Gasteiger partial charge on any atom is 0.335 e. The van der Waals surface area contributed by atoms with Gasteiger partial charge in [-0.2, -0.15) is 0 Å². The van der Waals surface area contributed by atoms with Gasteiger partial charge in [0, 0.05) is 16.8 Å². The maximum absolute atomic E-state index is 11.0. The minimum atomic E-state index is -0.986. The molecule has 0 aliphatic carbocycles. The topological polar surface area (TPSA) is 99.5 Å². The second-order valence-electron chi connectivity index (χ2n) is 5.26. The van der Waals surface area contributed by atoms with Crippen LogP contribution < -0.4 is 5.32 Å². The van der Waals surface area contributed by atoms with Crippen LogP contribution in [0.2, 0.25) is 0 Å². The van der Waals surface area contributed by atoms with Crippen molar-refractivity contribution in [1.29, 1.82) is 0 Å². The number of carboxylic acid groups (broad SMARTS) is 2. The zero-order chi connectivity index (χ0) is 17.1. The maximum atomic E-state index is 11.0. The average Bonchev–Trinajstić information content (AvgIpc) is 2.55. The number of benzene rings is 2. The number of nitrogens with one attached hydrogen (secondary N) is 1. The van der Waals surface area contributed by atoms with Gasteiger partial charge < -0.3 is 15.5 Å². The first-order chi connectivity index (χ1) is 11.5. The molecule has 2 aromatic carbocycles. The largest absolute Gasteiger partial charge is 0.481 e. The lowest BCUT2D eigenvalue weighted by molar-refractivity contribution is -0.136. The molecule has 3 aromatic rings. The van der Waals surface area contributed by atoms with E-state index in [4.69, 9.17) is 10.2 Å². The molecule has 3 N–H and O–H groups in total. The molecule has 0 radical (unpaired) electrons. The number of anilines is 2. The molecule has 0 aliphatic heterocycles. The first-order valence-electron chi connectivity index (χ1n) is 7.24. The fourth-order valence-electron chi connectivity index (χ4n) is 2.43. The Kier molecular flexibility index (Phi) is 4.11. The summed E-state index contributed by atoms with van der Waals surface area (Å²) >= 11 is 0. The highest BCUT2D eigenvalue weighted by atomic mass is 16.4. The molecule has 120 valence electrons. The predicted octanol–water partition coefficient (Wildman–Crippen LogP) is 3.30. The lowest BCUT2D eigenvalue weighted by atomic mass is 10.1. The molecule has 24 heavy (non-hydrogen) atoms. The molecule has 0 amide bonds. The van der Waals surface area contributed by atoms with Crippen molar-refractivity contribution in [3.63, 3.8) is 0 Å². The van der Waals surface area contributed by atoms with Gasteiger partial charge in [0.25, 0.3) is 0 Å². The third-order valence-electron chi connectivity index (χ3n) is 3.51. The Hall–Kier alpha value is -3.41. The van der Waals surface area contributed by atoms with E-state index < -0.39 is 11.9 Å². The van der Waals surface area contributed by atoms with Gasteiger partial charge in [0.05, 0.1) is 23.2 Å². The number of carboxylic acids is 2. The number of para-hydroxylation sites is 1. The summed E-state index contributed by atoms with van der Waals surface area (Å²) in [6, 6.07) is 15.5. The number of hydrogen-bond donors (Lipinski definition) is 3. The van der Waals surface area contributed by atoms with Crippen LogP contribution in [0.4, 0.5) is 11.4 Å². The van der Waals surface area contributed by atoms with Gasteiger partial charge in [-0.1, -0.05) is 18.2 Å². The summed E-state index contributed by atoms with van der Waals surface area (Å²) in [5, 5.41) is 22.0. The van der Waals surface area contributed by atoms with Crippen LogP contribution in [0.25, 0.3) is 10.9 Å². The molecular weight excluding hydrogens is 308 g/mol. The third-order valence-corrected chi connectivity index (χ3v) is 3.51. The molecule has 0 fully saturated rings. The monoisotopic (exact) mass is 322 g/mol. The first-order valence-corrected chi connectivity index (χ1v) is 7.24. The van der Waals surface area contributed by atoms with E-state index in [1.165, 1.54) is 12.1 Å². The molecule has 0 aliphatic rings. The van der Waals surface area contributed by atoms with Gasteiger partial charge in [-0.15, -0.1) is 0 Å². The molecule has 0 saturated heterocycles. The van der Waals surface area contributed by atoms with E-state index in [1.54, 1.807) is 18.2 Å². The van der Waals surface area contributed by atoms with Crippen LogP contribution in [0, 0.1) is 0 Å². The molecule has 0 bridgehead atoms. The van der Waals surface area contributed by atoms with E-state index in [9.17, 15) is 9.59 Å². The van der Waals surface area contributed by atoms with Crippen molar-refractivity contribution >= 4 is 34.2 Å². The molecule has 0 saturated carbocycles. The van der Waals surface area contributed by atoms with Crippen molar-refractivity contribution in [1.82, 2.24) is 4.98 Å². The number of hydrogen-bond acceptors (Lipinski definition) is 4. The summed E-state index contributed by atoms with van der Waals surface area (Å²) in [6.45, 7) is 0. The molecule has 3 rings (SSSR count).